The van der Waals surface area contributed by atoms with Crippen molar-refractivity contribution in [2.75, 3.05) is 13.7 Å². The fourth-order valence-corrected chi connectivity index (χ4v) is 2.42. The Morgan fingerprint density at radius 3 is 2.20 bits per heavy atom. The van der Waals surface area contributed by atoms with E-state index >= 15 is 0 Å². The number of methoxy groups -OCH3 is 1. The quantitative estimate of drug-likeness (QED) is 0.836. The van der Waals surface area contributed by atoms with Crippen molar-refractivity contribution in [1.82, 2.24) is 0 Å². The van der Waals surface area contributed by atoms with Gasteiger partial charge >= 0.3 is 13.3 Å². The molecule has 0 aromatic heterocycles. The van der Waals surface area contributed by atoms with E-state index in [0.717, 1.165) is 12.1 Å². The third kappa shape index (κ3) is 4.02. The summed E-state index contributed by atoms with van der Waals surface area (Å²) in [5, 5.41) is 0. The summed E-state index contributed by atoms with van der Waals surface area (Å²) in [7, 11) is 0.658. The second kappa shape index (κ2) is 6.66. The predicted molar refractivity (Wildman–Crippen MR) is 91.1 cm³/mol. The Labute approximate surface area is 146 Å². The van der Waals surface area contributed by atoms with Crippen LogP contribution in [0.2, 0.25) is 0 Å². The van der Waals surface area contributed by atoms with E-state index < -0.39 is 30.1 Å². The second-order valence-corrected chi connectivity index (χ2v) is 6.97. The molecule has 0 bridgehead atoms. The van der Waals surface area contributed by atoms with Gasteiger partial charge in [-0.1, -0.05) is 12.1 Å². The van der Waals surface area contributed by atoms with Gasteiger partial charge < -0.3 is 19.8 Å². The summed E-state index contributed by atoms with van der Waals surface area (Å²) in [6.45, 7) is 7.81. The van der Waals surface area contributed by atoms with Gasteiger partial charge in [0.1, 0.15) is 5.75 Å². The molecule has 0 spiro atoms. The molecule has 0 atom stereocenters. The first-order valence-electron chi connectivity index (χ1n) is 7.92. The molecular formula is C17H23BF3NO3. The van der Waals surface area contributed by atoms with Gasteiger partial charge in [0.15, 0.2) is 0 Å². The van der Waals surface area contributed by atoms with Gasteiger partial charge in [0.25, 0.3) is 0 Å². The van der Waals surface area contributed by atoms with Crippen molar-refractivity contribution >= 4 is 13.2 Å². The number of ether oxygens (including phenoxy) is 1. The van der Waals surface area contributed by atoms with Crippen LogP contribution in [0.5, 0.6) is 5.75 Å². The molecule has 0 unspecified atom stereocenters. The van der Waals surface area contributed by atoms with Gasteiger partial charge in [-0.2, -0.15) is 13.2 Å². The molecule has 1 aliphatic rings. The fraction of sp³-hybridized carbons (Fsp3) is 0.529. The molecule has 1 aromatic rings. The maximum atomic E-state index is 12.9. The van der Waals surface area contributed by atoms with E-state index in [4.69, 9.17) is 19.8 Å². The van der Waals surface area contributed by atoms with Gasteiger partial charge in [0.05, 0.1) is 23.9 Å². The van der Waals surface area contributed by atoms with E-state index in [1.165, 1.54) is 13.2 Å². The normalized spacial score (nSPS) is 20.0. The van der Waals surface area contributed by atoms with E-state index in [2.05, 4.69) is 0 Å². The average Bonchev–Trinajstić information content (AvgIpc) is 2.71. The molecule has 138 valence electrons. The molecular weight excluding hydrogens is 334 g/mol. The standard InChI is InChI=1S/C17H23BF3NO3/c1-15(2)16(3,4)25-18(24-15)13(10-22)8-11-6-7-12(17(19,20)21)9-14(11)23-5/h6-9H,10,22H2,1-5H3. The largest absolute Gasteiger partial charge is 0.496 e. The lowest BCUT2D eigenvalue weighted by atomic mass is 9.77. The van der Waals surface area contributed by atoms with Crippen molar-refractivity contribution in [2.24, 2.45) is 5.73 Å². The number of benzene rings is 1. The smallest absolute Gasteiger partial charge is 0.491 e. The molecule has 1 heterocycles. The summed E-state index contributed by atoms with van der Waals surface area (Å²) < 4.78 is 55.6. The number of nitrogens with two attached hydrogens (primary N) is 1. The lowest BCUT2D eigenvalue weighted by Crippen LogP contribution is -2.41. The highest BCUT2D eigenvalue weighted by atomic mass is 19.4. The van der Waals surface area contributed by atoms with Gasteiger partial charge in [-0.3, -0.25) is 0 Å². The van der Waals surface area contributed by atoms with Crippen molar-refractivity contribution in [1.29, 1.82) is 0 Å². The molecule has 0 radical (unpaired) electrons. The van der Waals surface area contributed by atoms with Crippen molar-refractivity contribution in [3.63, 3.8) is 0 Å². The Kier molecular flexibility index (Phi) is 5.28. The molecule has 1 saturated heterocycles. The predicted octanol–water partition coefficient (Wildman–Crippen LogP) is 3.69. The van der Waals surface area contributed by atoms with E-state index in [-0.39, 0.29) is 12.3 Å². The molecule has 25 heavy (non-hydrogen) atoms. The van der Waals surface area contributed by atoms with Crippen LogP contribution in [-0.4, -0.2) is 32.0 Å². The average molecular weight is 357 g/mol. The summed E-state index contributed by atoms with van der Waals surface area (Å²) in [4.78, 5) is 0. The van der Waals surface area contributed by atoms with E-state index in [1.54, 1.807) is 6.08 Å². The van der Waals surface area contributed by atoms with Crippen LogP contribution >= 0.6 is 0 Å². The van der Waals surface area contributed by atoms with Crippen molar-refractivity contribution in [3.05, 3.63) is 34.8 Å². The molecule has 0 saturated carbocycles. The minimum Gasteiger partial charge on any atom is -0.496 e. The van der Waals surface area contributed by atoms with Crippen LogP contribution in [0.15, 0.2) is 23.7 Å². The molecule has 1 fully saturated rings. The Morgan fingerprint density at radius 1 is 1.20 bits per heavy atom. The summed E-state index contributed by atoms with van der Waals surface area (Å²) in [5.74, 6) is 0.109. The third-order valence-electron chi connectivity index (χ3n) is 4.69. The molecule has 2 N–H and O–H groups in total. The lowest BCUT2D eigenvalue weighted by molar-refractivity contribution is -0.137. The molecule has 2 rings (SSSR count). The number of hydrogen-bond donors (Lipinski definition) is 1. The molecule has 1 aromatic carbocycles. The van der Waals surface area contributed by atoms with E-state index in [1.807, 2.05) is 27.7 Å². The first-order valence-corrected chi connectivity index (χ1v) is 7.92. The second-order valence-electron chi connectivity index (χ2n) is 6.97. The van der Waals surface area contributed by atoms with Crippen LogP contribution in [0.3, 0.4) is 0 Å². The van der Waals surface area contributed by atoms with Gasteiger partial charge in [-0.05, 0) is 45.3 Å². The zero-order valence-electron chi connectivity index (χ0n) is 15.0. The Hall–Kier alpha value is -1.51. The van der Waals surface area contributed by atoms with E-state index in [0.29, 0.717) is 11.0 Å². The summed E-state index contributed by atoms with van der Waals surface area (Å²) in [6, 6.07) is 3.32. The third-order valence-corrected chi connectivity index (χ3v) is 4.69. The van der Waals surface area contributed by atoms with Gasteiger partial charge in [-0.25, -0.2) is 0 Å². The zero-order valence-corrected chi connectivity index (χ0v) is 15.0. The highest BCUT2D eigenvalue weighted by molar-refractivity contribution is 6.55. The summed E-state index contributed by atoms with van der Waals surface area (Å²) in [6.07, 6.45) is -2.78. The van der Waals surface area contributed by atoms with Gasteiger partial charge in [-0.15, -0.1) is 0 Å². The van der Waals surface area contributed by atoms with Crippen LogP contribution < -0.4 is 10.5 Å². The maximum Gasteiger partial charge on any atom is 0.491 e. The first-order chi connectivity index (χ1) is 11.4. The zero-order chi connectivity index (χ0) is 19.0. The fourth-order valence-electron chi connectivity index (χ4n) is 2.42. The van der Waals surface area contributed by atoms with Crippen LogP contribution in [0.1, 0.15) is 38.8 Å². The Morgan fingerprint density at radius 2 is 1.76 bits per heavy atom. The minimum atomic E-state index is -4.43. The van der Waals surface area contributed by atoms with E-state index in [9.17, 15) is 13.2 Å². The number of halogens is 3. The minimum absolute atomic E-state index is 0.109. The SMILES string of the molecule is COc1cc(C(F)(F)F)ccc1C=C(CN)B1OC(C)(C)C(C)(C)O1. The number of hydrogen-bond acceptors (Lipinski definition) is 4. The van der Waals surface area contributed by atoms with Gasteiger partial charge in [0.2, 0.25) is 0 Å². The van der Waals surface area contributed by atoms with Crippen LogP contribution in [0.4, 0.5) is 13.2 Å². The van der Waals surface area contributed by atoms with Crippen LogP contribution in [0.25, 0.3) is 6.08 Å². The van der Waals surface area contributed by atoms with Crippen molar-refractivity contribution < 1.29 is 27.2 Å². The van der Waals surface area contributed by atoms with Gasteiger partial charge in [0, 0.05) is 12.1 Å². The maximum absolute atomic E-state index is 12.9. The molecule has 0 amide bonds. The molecule has 1 aliphatic heterocycles. The molecule has 4 nitrogen and oxygen atoms in total. The Balaban J connectivity index is 2.38. The topological polar surface area (TPSA) is 53.7 Å². The highest BCUT2D eigenvalue weighted by Gasteiger charge is 2.52. The molecule has 0 aliphatic carbocycles. The Bertz CT molecular complexity index is 656. The van der Waals surface area contributed by atoms with Crippen molar-refractivity contribution in [3.8, 4) is 5.75 Å². The summed E-state index contributed by atoms with van der Waals surface area (Å²) in [5.41, 5.74) is 5.08. The molecule has 8 heteroatoms. The monoisotopic (exact) mass is 357 g/mol. The van der Waals surface area contributed by atoms with Crippen LogP contribution in [-0.2, 0) is 15.5 Å². The number of alkyl halides is 3. The number of rotatable bonds is 4. The highest BCUT2D eigenvalue weighted by Crippen LogP contribution is 2.39. The summed E-state index contributed by atoms with van der Waals surface area (Å²) >= 11 is 0. The lowest BCUT2D eigenvalue weighted by Gasteiger charge is -2.32. The first kappa shape index (κ1) is 19.8. The van der Waals surface area contributed by atoms with Crippen LogP contribution in [0, 0.1) is 0 Å². The van der Waals surface area contributed by atoms with Crippen molar-refractivity contribution in [2.45, 2.75) is 45.1 Å².